The number of carbonyl (C=O) groups excluding carboxylic acids is 1. The van der Waals surface area contributed by atoms with Crippen molar-refractivity contribution in [3.8, 4) is 5.75 Å². The summed E-state index contributed by atoms with van der Waals surface area (Å²) in [7, 11) is -2.11. The molecule has 1 unspecified atom stereocenters. The summed E-state index contributed by atoms with van der Waals surface area (Å²) in [5.41, 5.74) is 9.13. The number of benzene rings is 1. The van der Waals surface area contributed by atoms with Gasteiger partial charge in [-0.2, -0.15) is 0 Å². The summed E-state index contributed by atoms with van der Waals surface area (Å²) in [5, 5.41) is 10.6. The number of nitrogens with zero attached hydrogens (tertiary/aromatic N) is 1. The molecule has 1 heterocycles. The molecular formula is C23H30N4O4S. The highest BCUT2D eigenvalue weighted by Gasteiger charge is 2.40. The molecule has 1 amide bonds. The first kappa shape index (κ1) is 23.7. The Kier molecular flexibility index (Phi) is 6.59. The van der Waals surface area contributed by atoms with Gasteiger partial charge < -0.3 is 15.8 Å². The molecule has 4 N–H and O–H groups in total. The number of hydrogen-bond donors (Lipinski definition) is 3. The van der Waals surface area contributed by atoms with E-state index >= 15 is 0 Å². The Morgan fingerprint density at radius 2 is 2.06 bits per heavy atom. The van der Waals surface area contributed by atoms with Crippen LogP contribution in [0.25, 0.3) is 0 Å². The van der Waals surface area contributed by atoms with E-state index in [-0.39, 0.29) is 23.4 Å². The Morgan fingerprint density at radius 1 is 1.34 bits per heavy atom. The van der Waals surface area contributed by atoms with Crippen molar-refractivity contribution in [3.63, 3.8) is 0 Å². The highest BCUT2D eigenvalue weighted by molar-refractivity contribution is 7.93. The van der Waals surface area contributed by atoms with Gasteiger partial charge in [-0.05, 0) is 80.8 Å². The highest BCUT2D eigenvalue weighted by Crippen LogP contribution is 2.36. The van der Waals surface area contributed by atoms with Crippen molar-refractivity contribution in [3.05, 3.63) is 52.8 Å². The highest BCUT2D eigenvalue weighted by atomic mass is 32.2. The summed E-state index contributed by atoms with van der Waals surface area (Å²) in [6.45, 7) is 4.72. The number of nitrogens with one attached hydrogen (secondary N) is 2. The Labute approximate surface area is 189 Å². The molecule has 0 radical (unpaired) electrons. The van der Waals surface area contributed by atoms with E-state index in [2.05, 4.69) is 10.3 Å². The molecular weight excluding hydrogens is 428 g/mol. The number of aromatic nitrogens is 1. The van der Waals surface area contributed by atoms with Crippen molar-refractivity contribution in [2.45, 2.75) is 50.7 Å². The van der Waals surface area contributed by atoms with E-state index in [4.69, 9.17) is 15.9 Å². The molecule has 1 aromatic carbocycles. The monoisotopic (exact) mass is 458 g/mol. The Morgan fingerprint density at radius 3 is 2.69 bits per heavy atom. The van der Waals surface area contributed by atoms with Crippen LogP contribution in [-0.2, 0) is 16.3 Å². The summed E-state index contributed by atoms with van der Waals surface area (Å²) < 4.78 is 29.7. The summed E-state index contributed by atoms with van der Waals surface area (Å²) in [5.74, 6) is -0.450. The Balaban J connectivity index is 1.86. The van der Waals surface area contributed by atoms with E-state index in [9.17, 15) is 13.2 Å². The van der Waals surface area contributed by atoms with E-state index in [1.54, 1.807) is 13.0 Å². The van der Waals surface area contributed by atoms with Gasteiger partial charge in [-0.3, -0.25) is 10.2 Å². The fourth-order valence-corrected chi connectivity index (χ4v) is 5.50. The number of sulfone groups is 1. The first-order valence-corrected chi connectivity index (χ1v) is 12.1. The van der Waals surface area contributed by atoms with Crippen LogP contribution in [0, 0.1) is 12.3 Å². The quantitative estimate of drug-likeness (QED) is 0.431. The first-order chi connectivity index (χ1) is 15.0. The second-order valence-corrected chi connectivity index (χ2v) is 11.3. The number of methoxy groups -OCH3 is 1. The number of carbonyl (C=O) groups is 1. The molecule has 172 valence electrons. The lowest BCUT2D eigenvalue weighted by Gasteiger charge is -2.30. The number of ether oxygens (including phenoxy) is 1. The molecule has 0 aliphatic heterocycles. The van der Waals surface area contributed by atoms with Crippen molar-refractivity contribution in [1.29, 1.82) is 5.41 Å². The third-order valence-electron chi connectivity index (χ3n) is 6.19. The van der Waals surface area contributed by atoms with Gasteiger partial charge in [0.1, 0.15) is 22.0 Å². The summed E-state index contributed by atoms with van der Waals surface area (Å²) in [4.78, 5) is 17.0. The van der Waals surface area contributed by atoms with Crippen LogP contribution in [0.2, 0.25) is 0 Å². The zero-order valence-corrected chi connectivity index (χ0v) is 19.7. The number of nitrogens with two attached hydrogens (primary N) is 1. The van der Waals surface area contributed by atoms with Crippen LogP contribution < -0.4 is 15.8 Å². The average molecular weight is 459 g/mol. The lowest BCUT2D eigenvalue weighted by Crippen LogP contribution is -2.46. The van der Waals surface area contributed by atoms with Gasteiger partial charge in [0.05, 0.1) is 19.1 Å². The van der Waals surface area contributed by atoms with Crippen LogP contribution in [0.4, 0.5) is 5.69 Å². The smallest absolute Gasteiger partial charge is 0.274 e. The van der Waals surface area contributed by atoms with Gasteiger partial charge in [0.25, 0.3) is 5.91 Å². The fraction of sp³-hybridized carbons (Fsp3) is 0.435. The molecule has 0 spiro atoms. The fourth-order valence-electron chi connectivity index (χ4n) is 3.88. The standard InChI is InChI=1S/C23H30N4O4S/c1-14-10-18(31-4)12-26-20(14)21(28)27-17-9-8-15-6-5-7-16(19(15)11-17)13-32(29,30)23(2,3)22(24)25/h8-12,16H,5-7,13H2,1-4H3,(H3,24,25)(H,27,28). The topological polar surface area (TPSA) is 135 Å². The predicted molar refractivity (Wildman–Crippen MR) is 125 cm³/mol. The van der Waals surface area contributed by atoms with Gasteiger partial charge in [0, 0.05) is 5.69 Å². The van der Waals surface area contributed by atoms with Crippen molar-refractivity contribution in [2.75, 3.05) is 18.2 Å². The second-order valence-electron chi connectivity index (χ2n) is 8.70. The zero-order valence-electron chi connectivity index (χ0n) is 18.9. The third kappa shape index (κ3) is 4.62. The summed E-state index contributed by atoms with van der Waals surface area (Å²) in [6.07, 6.45) is 3.95. The van der Waals surface area contributed by atoms with Gasteiger partial charge in [-0.15, -0.1) is 0 Å². The second kappa shape index (κ2) is 8.90. The molecule has 1 atom stereocenters. The van der Waals surface area contributed by atoms with Gasteiger partial charge in [-0.25, -0.2) is 13.4 Å². The number of amides is 1. The largest absolute Gasteiger partial charge is 0.495 e. The molecule has 0 fully saturated rings. The van der Waals surface area contributed by atoms with Crippen LogP contribution in [-0.4, -0.2) is 42.8 Å². The number of hydrogen-bond acceptors (Lipinski definition) is 6. The molecule has 0 saturated carbocycles. The average Bonchev–Trinajstić information content (AvgIpc) is 2.73. The lowest BCUT2D eigenvalue weighted by atomic mass is 9.83. The van der Waals surface area contributed by atoms with Crippen LogP contribution in [0.3, 0.4) is 0 Å². The van der Waals surface area contributed by atoms with E-state index in [0.29, 0.717) is 22.7 Å². The van der Waals surface area contributed by atoms with Gasteiger partial charge in [0.2, 0.25) is 0 Å². The van der Waals surface area contributed by atoms with Crippen molar-refractivity contribution in [1.82, 2.24) is 4.98 Å². The number of rotatable bonds is 7. The van der Waals surface area contributed by atoms with Crippen molar-refractivity contribution >= 4 is 27.3 Å². The molecule has 1 aliphatic rings. The number of anilines is 1. The van der Waals surface area contributed by atoms with Gasteiger partial charge in [0.15, 0.2) is 9.84 Å². The summed E-state index contributed by atoms with van der Waals surface area (Å²) in [6, 6.07) is 7.36. The number of fused-ring (bicyclic) bond motifs is 1. The molecule has 32 heavy (non-hydrogen) atoms. The SMILES string of the molecule is COc1cnc(C(=O)Nc2ccc3c(c2)C(CS(=O)(=O)C(C)(C)C(=N)N)CCC3)c(C)c1. The minimum atomic E-state index is -3.65. The van der Waals surface area contributed by atoms with Crippen molar-refractivity contribution < 1.29 is 17.9 Å². The minimum Gasteiger partial charge on any atom is -0.495 e. The van der Waals surface area contributed by atoms with Crippen LogP contribution in [0.1, 0.15) is 59.8 Å². The molecule has 2 aromatic rings. The normalized spacial score (nSPS) is 16.2. The van der Waals surface area contributed by atoms with E-state index in [0.717, 1.165) is 30.4 Å². The number of pyridine rings is 1. The molecule has 9 heteroatoms. The maximum absolute atomic E-state index is 13.0. The molecule has 3 rings (SSSR count). The van der Waals surface area contributed by atoms with Crippen molar-refractivity contribution in [2.24, 2.45) is 5.73 Å². The zero-order chi connectivity index (χ0) is 23.7. The van der Waals surface area contributed by atoms with Gasteiger partial charge in [-0.1, -0.05) is 6.07 Å². The molecule has 0 saturated heterocycles. The first-order valence-electron chi connectivity index (χ1n) is 10.5. The Hall–Kier alpha value is -2.94. The van der Waals surface area contributed by atoms with E-state index in [1.165, 1.54) is 27.2 Å². The van der Waals surface area contributed by atoms with Crippen LogP contribution in [0.15, 0.2) is 30.5 Å². The molecule has 1 aromatic heterocycles. The number of amidine groups is 1. The maximum Gasteiger partial charge on any atom is 0.274 e. The van der Waals surface area contributed by atoms with E-state index in [1.807, 2.05) is 18.2 Å². The third-order valence-corrected chi connectivity index (χ3v) is 8.81. The minimum absolute atomic E-state index is 0.0941. The molecule has 8 nitrogen and oxygen atoms in total. The van der Waals surface area contributed by atoms with E-state index < -0.39 is 14.6 Å². The Bertz CT molecular complexity index is 1160. The molecule has 1 aliphatic carbocycles. The maximum atomic E-state index is 13.0. The van der Waals surface area contributed by atoms with Crippen LogP contribution in [0.5, 0.6) is 5.75 Å². The summed E-state index contributed by atoms with van der Waals surface area (Å²) >= 11 is 0. The lowest BCUT2D eigenvalue weighted by molar-refractivity contribution is 0.102. The predicted octanol–water partition coefficient (Wildman–Crippen LogP) is 3.20. The van der Waals surface area contributed by atoms with Gasteiger partial charge >= 0.3 is 0 Å². The number of aryl methyl sites for hydroxylation is 2. The van der Waals surface area contributed by atoms with Crippen LogP contribution >= 0.6 is 0 Å². The molecule has 0 bridgehead atoms.